The predicted molar refractivity (Wildman–Crippen MR) is 117 cm³/mol. The van der Waals surface area contributed by atoms with Crippen molar-refractivity contribution < 1.29 is 37.3 Å². The summed E-state index contributed by atoms with van der Waals surface area (Å²) in [5.41, 5.74) is 3.34. The number of aromatic nitrogens is 3. The Kier molecular flexibility index (Phi) is 6.11. The molecule has 3 heterocycles. The van der Waals surface area contributed by atoms with Gasteiger partial charge in [0.1, 0.15) is 5.97 Å². The molecule has 0 aromatic carbocycles. The summed E-state index contributed by atoms with van der Waals surface area (Å²) in [6.45, 7) is 6.98. The van der Waals surface area contributed by atoms with E-state index in [2.05, 4.69) is 36.1 Å². The lowest BCUT2D eigenvalue weighted by molar-refractivity contribution is -0.514. The minimum atomic E-state index is -5.19. The lowest BCUT2D eigenvalue weighted by atomic mass is 9.68. The Morgan fingerprint density at radius 2 is 1.83 bits per heavy atom. The monoisotopic (exact) mass is 489 g/mol. The van der Waals surface area contributed by atoms with Crippen LogP contribution >= 0.6 is 0 Å². The van der Waals surface area contributed by atoms with E-state index in [1.54, 1.807) is 0 Å². The minimum Gasteiger partial charge on any atom is -0.542 e. The number of carboxylic acid groups (broad SMARTS) is 1. The molecule has 3 aromatic heterocycles. The molecule has 7 nitrogen and oxygen atoms in total. The Morgan fingerprint density at radius 1 is 1.17 bits per heavy atom. The first-order chi connectivity index (χ1) is 16.3. The summed E-state index contributed by atoms with van der Waals surface area (Å²) < 4.78 is 33.5. The number of hydrogen-bond acceptors (Lipinski definition) is 3. The summed E-state index contributed by atoms with van der Waals surface area (Å²) in [6, 6.07) is 10.2. The van der Waals surface area contributed by atoms with E-state index < -0.39 is 12.1 Å². The van der Waals surface area contributed by atoms with Gasteiger partial charge in [0.05, 0.1) is 6.20 Å². The van der Waals surface area contributed by atoms with E-state index in [9.17, 15) is 18.0 Å². The SMILES string of the molecule is CC1(C)[C@@H]2CC[C@@](C)(C2)[C@H]1NC(=O)c1[nH]c(-c2cc[nH+]cc2)c2cccc[n+]12.O=C([O-])C(F)(F)F. The smallest absolute Gasteiger partial charge is 0.430 e. The molecule has 2 bridgehead atoms. The molecule has 0 radical (unpaired) electrons. The number of amides is 1. The van der Waals surface area contributed by atoms with Gasteiger partial charge in [-0.25, -0.2) is 9.97 Å². The number of aromatic amines is 2. The van der Waals surface area contributed by atoms with Crippen molar-refractivity contribution in [3.8, 4) is 11.3 Å². The van der Waals surface area contributed by atoms with Crippen LogP contribution < -0.4 is 19.8 Å². The third-order valence-corrected chi connectivity index (χ3v) is 7.60. The lowest BCUT2D eigenvalue weighted by Crippen LogP contribution is -2.53. The summed E-state index contributed by atoms with van der Waals surface area (Å²) in [6.07, 6.45) is 4.26. The van der Waals surface area contributed by atoms with Crippen LogP contribution in [0.3, 0.4) is 0 Å². The summed E-state index contributed by atoms with van der Waals surface area (Å²) in [5.74, 6) is -1.75. The van der Waals surface area contributed by atoms with Crippen LogP contribution in [0, 0.1) is 16.7 Å². The molecule has 10 heteroatoms. The van der Waals surface area contributed by atoms with E-state index in [1.165, 1.54) is 19.3 Å². The first-order valence-electron chi connectivity index (χ1n) is 11.4. The predicted octanol–water partition coefficient (Wildman–Crippen LogP) is 2.48. The first kappa shape index (κ1) is 24.7. The number of alkyl halides is 3. The summed E-state index contributed by atoms with van der Waals surface area (Å²) in [4.78, 5) is 28.6. The fraction of sp³-hybridized carbons (Fsp3) is 0.440. The first-order valence-corrected chi connectivity index (χ1v) is 11.4. The van der Waals surface area contributed by atoms with Gasteiger partial charge in [-0.1, -0.05) is 26.8 Å². The second kappa shape index (κ2) is 8.66. The van der Waals surface area contributed by atoms with Crippen molar-refractivity contribution >= 4 is 17.4 Å². The molecular weight excluding hydrogens is 461 g/mol. The lowest BCUT2D eigenvalue weighted by Gasteiger charge is -2.42. The average molecular weight is 490 g/mol. The van der Waals surface area contributed by atoms with Gasteiger partial charge in [0.15, 0.2) is 23.6 Å². The fourth-order valence-corrected chi connectivity index (χ4v) is 5.89. The summed E-state index contributed by atoms with van der Waals surface area (Å²) in [7, 11) is 0. The van der Waals surface area contributed by atoms with E-state index in [1.807, 2.05) is 53.3 Å². The third kappa shape index (κ3) is 4.49. The largest absolute Gasteiger partial charge is 0.542 e. The number of nitrogens with one attached hydrogen (secondary N) is 3. The Morgan fingerprint density at radius 3 is 2.40 bits per heavy atom. The van der Waals surface area contributed by atoms with Crippen molar-refractivity contribution in [2.45, 2.75) is 52.3 Å². The number of fused-ring (bicyclic) bond motifs is 3. The highest BCUT2D eigenvalue weighted by molar-refractivity contribution is 5.91. The highest BCUT2D eigenvalue weighted by Gasteiger charge is 2.60. The second-order valence-electron chi connectivity index (χ2n) is 10.2. The van der Waals surface area contributed by atoms with Crippen molar-refractivity contribution in [3.05, 3.63) is 54.7 Å². The van der Waals surface area contributed by atoms with Gasteiger partial charge in [0.25, 0.3) is 0 Å². The highest BCUT2D eigenvalue weighted by Crippen LogP contribution is 2.62. The van der Waals surface area contributed by atoms with Gasteiger partial charge in [0, 0.05) is 23.7 Å². The zero-order chi connectivity index (χ0) is 25.6. The van der Waals surface area contributed by atoms with E-state index in [0.29, 0.717) is 11.7 Å². The highest BCUT2D eigenvalue weighted by atomic mass is 19.4. The Balaban J connectivity index is 0.000000364. The van der Waals surface area contributed by atoms with Gasteiger partial charge in [-0.15, -0.1) is 0 Å². The molecule has 0 unspecified atom stereocenters. The van der Waals surface area contributed by atoms with Crippen LogP contribution in [-0.2, 0) is 4.79 Å². The fourth-order valence-electron chi connectivity index (χ4n) is 5.89. The topological polar surface area (TPSA) is 103 Å². The molecule has 3 aromatic rings. The van der Waals surface area contributed by atoms with Crippen molar-refractivity contribution in [1.29, 1.82) is 0 Å². The average Bonchev–Trinajstić information content (AvgIpc) is 3.44. The Hall–Kier alpha value is -3.43. The van der Waals surface area contributed by atoms with Crippen LogP contribution in [0.5, 0.6) is 0 Å². The zero-order valence-electron chi connectivity index (χ0n) is 19.7. The summed E-state index contributed by atoms with van der Waals surface area (Å²) >= 11 is 0. The van der Waals surface area contributed by atoms with Crippen LogP contribution in [0.15, 0.2) is 48.9 Å². The number of aliphatic carboxylic acids is 1. The molecule has 2 aliphatic rings. The van der Waals surface area contributed by atoms with Crippen molar-refractivity contribution in [1.82, 2.24) is 10.3 Å². The Labute approximate surface area is 200 Å². The number of nitrogens with zero attached hydrogens (tertiary/aromatic N) is 1. The number of carbonyl (C=O) groups is 2. The zero-order valence-corrected chi connectivity index (χ0v) is 19.7. The number of carboxylic acids is 1. The maximum atomic E-state index is 13.4. The number of hydrogen-bond donors (Lipinski definition) is 2. The van der Waals surface area contributed by atoms with Crippen LogP contribution in [0.25, 0.3) is 16.8 Å². The molecule has 1 amide bonds. The van der Waals surface area contributed by atoms with E-state index in [0.717, 1.165) is 16.8 Å². The second-order valence-corrected chi connectivity index (χ2v) is 10.2. The van der Waals surface area contributed by atoms with E-state index in [4.69, 9.17) is 9.90 Å². The number of carbonyl (C=O) groups excluding carboxylic acids is 2. The standard InChI is InChI=1S/C23H26N4O.C2HF3O2/c1-22(2)16-7-10-23(3,14-16)21(22)26-20(28)19-25-18(15-8-11-24-12-9-15)17-6-4-5-13-27(17)19;3-2(4,5)1(6)7/h4-6,8-9,11-13,16,21H,7,10,14H2,1-3H3,(H,26,28);(H,6,7)/p+1/t16-,21+,23+;/m1./s1. The molecule has 186 valence electrons. The van der Waals surface area contributed by atoms with Crippen LogP contribution in [0.1, 0.15) is 50.7 Å². The number of H-pyrrole nitrogens is 2. The van der Waals surface area contributed by atoms with Gasteiger partial charge in [-0.2, -0.15) is 17.6 Å². The van der Waals surface area contributed by atoms with Crippen molar-refractivity contribution in [2.75, 3.05) is 0 Å². The number of imidazole rings is 1. The quantitative estimate of drug-likeness (QED) is 0.553. The molecule has 0 aliphatic heterocycles. The molecule has 0 saturated heterocycles. The molecule has 3 N–H and O–H groups in total. The molecule has 35 heavy (non-hydrogen) atoms. The molecule has 2 fully saturated rings. The van der Waals surface area contributed by atoms with Gasteiger partial charge in [-0.3, -0.25) is 4.79 Å². The van der Waals surface area contributed by atoms with Crippen LogP contribution in [-0.4, -0.2) is 29.1 Å². The van der Waals surface area contributed by atoms with Gasteiger partial charge in [0.2, 0.25) is 0 Å². The van der Waals surface area contributed by atoms with Crippen molar-refractivity contribution in [3.63, 3.8) is 0 Å². The number of pyridine rings is 2. The summed E-state index contributed by atoms with van der Waals surface area (Å²) in [5, 5.41) is 12.2. The Bertz CT molecular complexity index is 1250. The molecule has 3 atom stereocenters. The molecule has 5 rings (SSSR count). The van der Waals surface area contributed by atoms with Crippen molar-refractivity contribution in [2.24, 2.45) is 16.7 Å². The van der Waals surface area contributed by atoms with E-state index in [-0.39, 0.29) is 22.8 Å². The maximum absolute atomic E-state index is 13.4. The molecular formula is C25H28F3N4O3+. The van der Waals surface area contributed by atoms with Gasteiger partial charge in [-0.05, 0) is 48.1 Å². The van der Waals surface area contributed by atoms with Crippen LogP contribution in [0.4, 0.5) is 13.2 Å². The minimum absolute atomic E-state index is 0.0261. The van der Waals surface area contributed by atoms with Crippen LogP contribution in [0.2, 0.25) is 0 Å². The van der Waals surface area contributed by atoms with E-state index >= 15 is 0 Å². The molecule has 0 spiro atoms. The molecule has 2 saturated carbocycles. The molecule has 2 aliphatic carbocycles. The normalized spacial score (nSPS) is 24.6. The third-order valence-electron chi connectivity index (χ3n) is 7.60. The van der Waals surface area contributed by atoms with Gasteiger partial charge >= 0.3 is 17.9 Å². The number of halogens is 3. The number of rotatable bonds is 3. The van der Waals surface area contributed by atoms with Gasteiger partial charge < -0.3 is 15.2 Å². The maximum Gasteiger partial charge on any atom is 0.430 e.